The smallest absolute Gasteiger partial charge is 0.322 e. The molecule has 6 heteroatoms. The van der Waals surface area contributed by atoms with Crippen molar-refractivity contribution in [3.63, 3.8) is 0 Å². The number of nitrogens with zero attached hydrogens (tertiary/aromatic N) is 3. The van der Waals surface area contributed by atoms with E-state index in [0.717, 1.165) is 11.3 Å². The van der Waals surface area contributed by atoms with Crippen molar-refractivity contribution in [1.29, 1.82) is 0 Å². The molecule has 0 spiro atoms. The molecule has 2 amide bonds. The number of carbonyl (C=O) groups excluding carboxylic acids is 1. The summed E-state index contributed by atoms with van der Waals surface area (Å²) >= 11 is 0. The number of aliphatic hydroxyl groups is 1. The van der Waals surface area contributed by atoms with Crippen LogP contribution in [0.15, 0.2) is 36.5 Å². The lowest BCUT2D eigenvalue weighted by Gasteiger charge is -2.28. The molecule has 1 aromatic carbocycles. The lowest BCUT2D eigenvalue weighted by atomic mass is 10.2. The molecule has 2 aromatic rings. The molecule has 1 heterocycles. The van der Waals surface area contributed by atoms with Gasteiger partial charge in [-0.2, -0.15) is 0 Å². The number of urea groups is 1. The first-order valence-corrected chi connectivity index (χ1v) is 8.02. The van der Waals surface area contributed by atoms with Gasteiger partial charge in [0, 0.05) is 35.7 Å². The van der Waals surface area contributed by atoms with E-state index in [4.69, 9.17) is 0 Å². The molecule has 0 radical (unpaired) electrons. The zero-order valence-corrected chi connectivity index (χ0v) is 14.5. The van der Waals surface area contributed by atoms with E-state index >= 15 is 0 Å². The van der Waals surface area contributed by atoms with E-state index in [1.54, 1.807) is 18.0 Å². The zero-order valence-electron chi connectivity index (χ0n) is 14.5. The normalized spacial score (nSPS) is 12.1. The Morgan fingerprint density at radius 3 is 2.42 bits per heavy atom. The Kier molecular flexibility index (Phi) is 5.87. The Hall–Kier alpha value is -2.47. The Morgan fingerprint density at radius 2 is 1.88 bits per heavy atom. The topological polar surface area (TPSA) is 78.4 Å². The fourth-order valence-electron chi connectivity index (χ4n) is 2.30. The number of rotatable bonds is 5. The highest BCUT2D eigenvalue weighted by Crippen LogP contribution is 2.18. The summed E-state index contributed by atoms with van der Waals surface area (Å²) in [7, 11) is 0. The highest BCUT2D eigenvalue weighted by atomic mass is 16.3. The van der Waals surface area contributed by atoms with Gasteiger partial charge >= 0.3 is 6.03 Å². The van der Waals surface area contributed by atoms with Gasteiger partial charge in [0.05, 0.1) is 6.10 Å². The lowest BCUT2D eigenvalue weighted by Crippen LogP contribution is -2.43. The first-order valence-electron chi connectivity index (χ1n) is 8.02. The molecule has 0 aliphatic carbocycles. The summed E-state index contributed by atoms with van der Waals surface area (Å²) < 4.78 is 0. The molecule has 0 aliphatic heterocycles. The first-order chi connectivity index (χ1) is 11.4. The number of aryl methyl sites for hydroxylation is 1. The van der Waals surface area contributed by atoms with Gasteiger partial charge in [0.1, 0.15) is 0 Å². The fourth-order valence-corrected chi connectivity index (χ4v) is 2.30. The molecule has 2 rings (SSSR count). The van der Waals surface area contributed by atoms with Gasteiger partial charge in [-0.05, 0) is 58.0 Å². The van der Waals surface area contributed by atoms with E-state index in [-0.39, 0.29) is 12.1 Å². The van der Waals surface area contributed by atoms with Gasteiger partial charge in [0.25, 0.3) is 0 Å². The number of nitrogens with one attached hydrogen (secondary N) is 1. The molecule has 6 nitrogen and oxygen atoms in total. The molecule has 128 valence electrons. The number of carbonyl (C=O) groups is 1. The molecule has 1 aromatic heterocycles. The van der Waals surface area contributed by atoms with Gasteiger partial charge < -0.3 is 15.3 Å². The van der Waals surface area contributed by atoms with Crippen LogP contribution in [0.5, 0.6) is 0 Å². The van der Waals surface area contributed by atoms with Gasteiger partial charge in [0.15, 0.2) is 5.82 Å². The zero-order chi connectivity index (χ0) is 17.7. The van der Waals surface area contributed by atoms with Gasteiger partial charge in [-0.1, -0.05) is 0 Å². The maximum Gasteiger partial charge on any atom is 0.322 e. The third kappa shape index (κ3) is 4.76. The van der Waals surface area contributed by atoms with Crippen LogP contribution in [0.4, 0.5) is 10.5 Å². The second-order valence-electron chi connectivity index (χ2n) is 6.12. The predicted octanol–water partition coefficient (Wildman–Crippen LogP) is 3.08. The number of hydrogen-bond acceptors (Lipinski definition) is 4. The monoisotopic (exact) mass is 328 g/mol. The second kappa shape index (κ2) is 7.88. The number of benzene rings is 1. The van der Waals surface area contributed by atoms with Crippen LogP contribution in [0.1, 0.15) is 26.5 Å². The van der Waals surface area contributed by atoms with E-state index in [1.807, 2.05) is 51.1 Å². The largest absolute Gasteiger partial charge is 0.392 e. The minimum absolute atomic E-state index is 0.000401. The number of aromatic nitrogens is 2. The van der Waals surface area contributed by atoms with Crippen LogP contribution in [0, 0.1) is 6.92 Å². The van der Waals surface area contributed by atoms with E-state index < -0.39 is 6.10 Å². The summed E-state index contributed by atoms with van der Waals surface area (Å²) in [4.78, 5) is 22.6. The van der Waals surface area contributed by atoms with Crippen LogP contribution < -0.4 is 5.32 Å². The standard InChI is InChI=1S/C18H24N4O2/c1-12(2)22(11-14(4)23)18(24)21-16-7-5-15(6-8-16)17-19-10-9-13(3)20-17/h5-10,12,14,23H,11H2,1-4H3,(H,21,24). The first kappa shape index (κ1) is 17.9. The average Bonchev–Trinajstić information content (AvgIpc) is 2.53. The lowest BCUT2D eigenvalue weighted by molar-refractivity contribution is 0.125. The molecular formula is C18H24N4O2. The van der Waals surface area contributed by atoms with Gasteiger partial charge in [0.2, 0.25) is 0 Å². The van der Waals surface area contributed by atoms with Crippen molar-refractivity contribution >= 4 is 11.7 Å². The number of anilines is 1. The van der Waals surface area contributed by atoms with Crippen LogP contribution in [0.2, 0.25) is 0 Å². The highest BCUT2D eigenvalue weighted by molar-refractivity contribution is 5.89. The van der Waals surface area contributed by atoms with Crippen molar-refractivity contribution in [3.05, 3.63) is 42.2 Å². The van der Waals surface area contributed by atoms with E-state index in [2.05, 4.69) is 15.3 Å². The average molecular weight is 328 g/mol. The summed E-state index contributed by atoms with van der Waals surface area (Å²) in [6.07, 6.45) is 1.16. The van der Waals surface area contributed by atoms with Crippen LogP contribution in [-0.2, 0) is 0 Å². The number of aliphatic hydroxyl groups excluding tert-OH is 1. The quantitative estimate of drug-likeness (QED) is 0.884. The Morgan fingerprint density at radius 1 is 1.21 bits per heavy atom. The summed E-state index contributed by atoms with van der Waals surface area (Å²) in [5.74, 6) is 0.658. The SMILES string of the molecule is Cc1ccnc(-c2ccc(NC(=O)N(CC(C)O)C(C)C)cc2)n1. The molecule has 0 fully saturated rings. The number of hydrogen-bond donors (Lipinski definition) is 2. The molecule has 1 unspecified atom stereocenters. The van der Waals surface area contributed by atoms with Crippen molar-refractivity contribution in [2.45, 2.75) is 39.8 Å². The van der Waals surface area contributed by atoms with Crippen LogP contribution in [0.3, 0.4) is 0 Å². The summed E-state index contributed by atoms with van der Waals surface area (Å²) in [5.41, 5.74) is 2.48. The van der Waals surface area contributed by atoms with E-state index in [1.165, 1.54) is 0 Å². The van der Waals surface area contributed by atoms with Crippen molar-refractivity contribution in [3.8, 4) is 11.4 Å². The van der Waals surface area contributed by atoms with E-state index in [9.17, 15) is 9.90 Å². The van der Waals surface area contributed by atoms with E-state index in [0.29, 0.717) is 18.1 Å². The van der Waals surface area contributed by atoms with Gasteiger partial charge in [-0.25, -0.2) is 14.8 Å². The minimum Gasteiger partial charge on any atom is -0.392 e. The molecule has 0 saturated carbocycles. The van der Waals surface area contributed by atoms with Crippen molar-refractivity contribution in [2.75, 3.05) is 11.9 Å². The summed E-state index contributed by atoms with van der Waals surface area (Å²) in [6.45, 7) is 7.71. The molecule has 2 N–H and O–H groups in total. The molecule has 0 bridgehead atoms. The molecule has 24 heavy (non-hydrogen) atoms. The summed E-state index contributed by atoms with van der Waals surface area (Å²) in [5, 5.41) is 12.4. The highest BCUT2D eigenvalue weighted by Gasteiger charge is 2.18. The fraction of sp³-hybridized carbons (Fsp3) is 0.389. The van der Waals surface area contributed by atoms with Gasteiger partial charge in [-0.15, -0.1) is 0 Å². The van der Waals surface area contributed by atoms with Crippen molar-refractivity contribution in [1.82, 2.24) is 14.9 Å². The van der Waals surface area contributed by atoms with Crippen LogP contribution >= 0.6 is 0 Å². The Labute approximate surface area is 142 Å². The Bertz CT molecular complexity index is 684. The maximum atomic E-state index is 12.4. The predicted molar refractivity (Wildman–Crippen MR) is 94.7 cm³/mol. The third-order valence-corrected chi connectivity index (χ3v) is 3.53. The maximum absolute atomic E-state index is 12.4. The van der Waals surface area contributed by atoms with Crippen molar-refractivity contribution in [2.24, 2.45) is 0 Å². The third-order valence-electron chi connectivity index (χ3n) is 3.53. The van der Waals surface area contributed by atoms with Gasteiger partial charge in [-0.3, -0.25) is 0 Å². The number of amides is 2. The van der Waals surface area contributed by atoms with Crippen LogP contribution in [-0.4, -0.2) is 44.7 Å². The summed E-state index contributed by atoms with van der Waals surface area (Å²) in [6, 6.07) is 9.00. The molecular weight excluding hydrogens is 304 g/mol. The van der Waals surface area contributed by atoms with Crippen molar-refractivity contribution < 1.29 is 9.90 Å². The minimum atomic E-state index is -0.570. The second-order valence-corrected chi connectivity index (χ2v) is 6.12. The molecule has 1 atom stereocenters. The Balaban J connectivity index is 2.09. The van der Waals surface area contributed by atoms with Crippen LogP contribution in [0.25, 0.3) is 11.4 Å². The molecule has 0 aliphatic rings. The molecule has 0 saturated heterocycles.